The summed E-state index contributed by atoms with van der Waals surface area (Å²) in [4.78, 5) is 88.9. The first kappa shape index (κ1) is 65.7. The van der Waals surface area contributed by atoms with E-state index in [0.717, 1.165) is 19.4 Å². The second-order valence-corrected chi connectivity index (χ2v) is 26.4. The number of esters is 3. The van der Waals surface area contributed by atoms with Gasteiger partial charge in [0.1, 0.15) is 28.9 Å². The van der Waals surface area contributed by atoms with Crippen LogP contribution < -0.4 is 10.6 Å². The highest BCUT2D eigenvalue weighted by atomic mass is 127. The summed E-state index contributed by atoms with van der Waals surface area (Å²) in [7, 11) is 0. The van der Waals surface area contributed by atoms with Crippen molar-refractivity contribution in [2.24, 2.45) is 10.8 Å². The quantitative estimate of drug-likeness (QED) is 0.0413. The van der Waals surface area contributed by atoms with Crippen molar-refractivity contribution >= 4 is 58.3 Å². The number of aliphatic carboxylic acids is 1. The van der Waals surface area contributed by atoms with Gasteiger partial charge in [0.05, 0.1) is 6.54 Å². The van der Waals surface area contributed by atoms with Crippen molar-refractivity contribution in [2.75, 3.05) is 72.0 Å². The van der Waals surface area contributed by atoms with Gasteiger partial charge in [-0.15, -0.1) is 0 Å². The Hall–Kier alpha value is -3.39. The molecule has 0 spiro atoms. The van der Waals surface area contributed by atoms with Gasteiger partial charge in [0.15, 0.2) is 0 Å². The first-order valence-electron chi connectivity index (χ1n) is 26.7. The summed E-state index contributed by atoms with van der Waals surface area (Å²) in [5.74, 6) is -2.65. The molecule has 1 aromatic rings. The van der Waals surface area contributed by atoms with Crippen LogP contribution in [-0.2, 0) is 49.4 Å². The number of carbonyl (C=O) groups excluding carboxylic acids is 5. The molecule has 0 aromatic heterocycles. The van der Waals surface area contributed by atoms with Gasteiger partial charge in [-0.1, -0.05) is 53.7 Å². The molecule has 17 heteroatoms. The Morgan fingerprint density at radius 1 is 0.603 bits per heavy atom. The van der Waals surface area contributed by atoms with E-state index in [9.17, 15) is 33.9 Å². The number of benzene rings is 1. The molecular weight excluding hydrogens is 1040 g/mol. The summed E-state index contributed by atoms with van der Waals surface area (Å²) in [5.41, 5.74) is -1.40. The largest absolute Gasteiger partial charge is 0.481 e. The van der Waals surface area contributed by atoms with Crippen LogP contribution in [0.1, 0.15) is 167 Å². The Balaban J connectivity index is 2.40. The summed E-state index contributed by atoms with van der Waals surface area (Å²) in [5, 5.41) is 15.7. The van der Waals surface area contributed by atoms with Crippen molar-refractivity contribution in [1.82, 2.24) is 30.2 Å². The van der Waals surface area contributed by atoms with Crippen molar-refractivity contribution in [3.63, 3.8) is 0 Å². The van der Waals surface area contributed by atoms with Gasteiger partial charge in [0.25, 0.3) is 0 Å². The zero-order chi connectivity index (χ0) is 55.4. The van der Waals surface area contributed by atoms with Crippen molar-refractivity contribution in [1.29, 1.82) is 0 Å². The Kier molecular flexibility index (Phi) is 27.3. The molecule has 1 aliphatic heterocycles. The normalized spacial score (nSPS) is 17.0. The molecule has 2 amide bonds. The van der Waals surface area contributed by atoms with E-state index < -0.39 is 52.7 Å². The van der Waals surface area contributed by atoms with Crippen LogP contribution >= 0.6 is 22.6 Å². The molecular formula is C56H97IN6O10. The number of nitrogens with one attached hydrogen (secondary N) is 2. The number of carbonyl (C=O) groups is 6. The van der Waals surface area contributed by atoms with E-state index in [4.69, 9.17) is 14.2 Å². The molecule has 0 saturated carbocycles. The number of halogens is 1. The third-order valence-electron chi connectivity index (χ3n) is 12.2. The van der Waals surface area contributed by atoms with Crippen LogP contribution in [0.15, 0.2) is 24.3 Å². The topological polar surface area (TPSA) is 187 Å². The summed E-state index contributed by atoms with van der Waals surface area (Å²) in [6, 6.07) is 6.46. The fourth-order valence-electron chi connectivity index (χ4n) is 8.99. The van der Waals surface area contributed by atoms with Crippen LogP contribution in [0, 0.1) is 14.4 Å². The number of rotatable bonds is 23. The van der Waals surface area contributed by atoms with Crippen LogP contribution in [0.25, 0.3) is 0 Å². The highest BCUT2D eigenvalue weighted by Gasteiger charge is 2.36. The molecule has 0 radical (unpaired) electrons. The van der Waals surface area contributed by atoms with Gasteiger partial charge in [-0.25, -0.2) is 4.79 Å². The van der Waals surface area contributed by atoms with E-state index >= 15 is 0 Å². The van der Waals surface area contributed by atoms with Gasteiger partial charge < -0.3 is 34.9 Å². The number of hydrogen-bond donors (Lipinski definition) is 3. The minimum Gasteiger partial charge on any atom is -0.481 e. The first-order chi connectivity index (χ1) is 33.6. The lowest BCUT2D eigenvalue weighted by molar-refractivity contribution is -0.163. The summed E-state index contributed by atoms with van der Waals surface area (Å²) in [6.07, 6.45) is 3.98. The molecule has 0 bridgehead atoms. The lowest BCUT2D eigenvalue weighted by Crippen LogP contribution is -2.55. The molecule has 0 aliphatic carbocycles. The second kappa shape index (κ2) is 30.4. The molecule has 2 rings (SSSR count). The minimum atomic E-state index is -0.938. The van der Waals surface area contributed by atoms with E-state index in [-0.39, 0.29) is 54.6 Å². The molecule has 1 aromatic carbocycles. The number of ether oxygens (including phenoxy) is 3. The maximum atomic E-state index is 14.4. The van der Waals surface area contributed by atoms with Crippen LogP contribution in [0.4, 0.5) is 0 Å². The fourth-order valence-corrected chi connectivity index (χ4v) is 9.35. The molecule has 3 unspecified atom stereocenters. The highest BCUT2D eigenvalue weighted by Crippen LogP contribution is 2.29. The summed E-state index contributed by atoms with van der Waals surface area (Å²) >= 11 is 2.27. The van der Waals surface area contributed by atoms with E-state index in [1.165, 1.54) is 9.13 Å². The lowest BCUT2D eigenvalue weighted by atomic mass is 9.82. The van der Waals surface area contributed by atoms with Crippen LogP contribution in [0.2, 0.25) is 0 Å². The molecule has 418 valence electrons. The van der Waals surface area contributed by atoms with E-state index in [1.807, 2.05) is 46.4 Å². The molecule has 1 heterocycles. The highest BCUT2D eigenvalue weighted by molar-refractivity contribution is 14.1. The van der Waals surface area contributed by atoms with Gasteiger partial charge in [-0.2, -0.15) is 0 Å². The average Bonchev–Trinajstić information content (AvgIpc) is 3.21. The number of aryl methyl sites for hydroxylation is 1. The van der Waals surface area contributed by atoms with Crippen molar-refractivity contribution in [3.8, 4) is 0 Å². The van der Waals surface area contributed by atoms with E-state index in [0.29, 0.717) is 91.0 Å². The third kappa shape index (κ3) is 30.1. The SMILES string of the molecule is CC(C)(C)CN1CCN(C(CCC(=O)NC(CCCCNC(=O)CCCc2ccc(I)cc2)C(=O)OC(C)(C)C)C(=O)OC(C)(C)C)CCN(CC(=O)OC(C)(C)C)CCN(C(CCC(=O)O)C(C)(C)C)CC1. The Labute approximate surface area is 453 Å². The van der Waals surface area contributed by atoms with Crippen LogP contribution in [0.5, 0.6) is 0 Å². The zero-order valence-electron chi connectivity index (χ0n) is 47.7. The number of carboxylic acid groups (broad SMARTS) is 1. The van der Waals surface area contributed by atoms with Crippen molar-refractivity contribution in [2.45, 2.75) is 203 Å². The van der Waals surface area contributed by atoms with Gasteiger partial charge in [-0.05, 0) is 158 Å². The molecule has 73 heavy (non-hydrogen) atoms. The number of hydrogen-bond acceptors (Lipinski definition) is 13. The van der Waals surface area contributed by atoms with Gasteiger partial charge in [0.2, 0.25) is 11.8 Å². The zero-order valence-corrected chi connectivity index (χ0v) is 49.8. The number of carboxylic acids is 1. The predicted molar refractivity (Wildman–Crippen MR) is 297 cm³/mol. The summed E-state index contributed by atoms with van der Waals surface area (Å²) < 4.78 is 18.8. The maximum Gasteiger partial charge on any atom is 0.329 e. The molecule has 1 aliphatic rings. The second-order valence-electron chi connectivity index (χ2n) is 25.2. The minimum absolute atomic E-state index is 0.0106. The van der Waals surface area contributed by atoms with Crippen LogP contribution in [-0.4, -0.2) is 167 Å². The molecule has 3 N–H and O–H groups in total. The van der Waals surface area contributed by atoms with Gasteiger partial charge in [0, 0.05) is 94.3 Å². The Morgan fingerprint density at radius 3 is 1.66 bits per heavy atom. The monoisotopic (exact) mass is 1140 g/mol. The van der Waals surface area contributed by atoms with E-state index in [2.05, 4.69) is 114 Å². The maximum absolute atomic E-state index is 14.4. The van der Waals surface area contributed by atoms with Crippen molar-refractivity contribution in [3.05, 3.63) is 33.4 Å². The molecule has 1 saturated heterocycles. The molecule has 16 nitrogen and oxygen atoms in total. The smallest absolute Gasteiger partial charge is 0.329 e. The van der Waals surface area contributed by atoms with Crippen molar-refractivity contribution < 1.29 is 48.1 Å². The first-order valence-corrected chi connectivity index (χ1v) is 27.8. The fraction of sp³-hybridized carbons (Fsp3) is 0.786. The Bertz CT molecular complexity index is 1880. The standard InChI is InChI=1S/C56H97IN6O10/c1-52(2,3)40-61-33-36-62(35-31-60(39-49(68)71-54(7,8)9)32-37-63(38-34-61)45(53(4,5)6)27-29-48(66)67)44(51(70)73-56(13,14)15)26-28-47(65)59-43(50(69)72-55(10,11)12)20-16-17-30-58-46(64)21-18-19-41-22-24-42(57)25-23-41/h22-25,43-45H,16-21,26-40H2,1-15H3,(H,58,64)(H,59,65)(H,66,67). The van der Waals surface area contributed by atoms with E-state index in [1.54, 1.807) is 20.8 Å². The van der Waals surface area contributed by atoms with Gasteiger partial charge in [-0.3, -0.25) is 38.7 Å². The summed E-state index contributed by atoms with van der Waals surface area (Å²) in [6.45, 7) is 34.7. The lowest BCUT2D eigenvalue weighted by Gasteiger charge is -2.43. The Morgan fingerprint density at radius 2 is 1.14 bits per heavy atom. The number of nitrogens with zero attached hydrogens (tertiary/aromatic N) is 4. The number of amides is 2. The predicted octanol–water partition coefficient (Wildman–Crippen LogP) is 8.11. The number of unbranched alkanes of at least 4 members (excludes halogenated alkanes) is 1. The molecule has 3 atom stereocenters. The third-order valence-corrected chi connectivity index (χ3v) is 12.9. The van der Waals surface area contributed by atoms with Crippen LogP contribution in [0.3, 0.4) is 0 Å². The average molecular weight is 1140 g/mol. The molecule has 1 fully saturated rings. The van der Waals surface area contributed by atoms with Gasteiger partial charge >= 0.3 is 23.9 Å².